The molecular weight excluding hydrogens is 392 g/mol. The van der Waals surface area contributed by atoms with Crippen molar-refractivity contribution in [2.75, 3.05) is 24.6 Å². The van der Waals surface area contributed by atoms with E-state index in [0.29, 0.717) is 18.2 Å². The van der Waals surface area contributed by atoms with Gasteiger partial charge in [-0.2, -0.15) is 10.2 Å². The summed E-state index contributed by atoms with van der Waals surface area (Å²) in [7, 11) is 0. The van der Waals surface area contributed by atoms with Gasteiger partial charge in [0.1, 0.15) is 11.4 Å². The molecule has 0 bridgehead atoms. The normalized spacial score (nSPS) is 17.0. The van der Waals surface area contributed by atoms with Gasteiger partial charge in [-0.1, -0.05) is 0 Å². The van der Waals surface area contributed by atoms with Crippen molar-refractivity contribution in [3.05, 3.63) is 47.8 Å². The van der Waals surface area contributed by atoms with Crippen molar-refractivity contribution in [3.8, 4) is 17.0 Å². The number of amides is 1. The third-order valence-corrected chi connectivity index (χ3v) is 6.04. The highest BCUT2D eigenvalue weighted by molar-refractivity contribution is 5.93. The fraction of sp³-hybridized carbons (Fsp3) is 0.435. The van der Waals surface area contributed by atoms with E-state index in [4.69, 9.17) is 4.74 Å². The first-order chi connectivity index (χ1) is 15.2. The van der Waals surface area contributed by atoms with Crippen molar-refractivity contribution in [2.24, 2.45) is 0 Å². The number of hydrogen-bond donors (Lipinski definition) is 3. The summed E-state index contributed by atoms with van der Waals surface area (Å²) in [5.41, 5.74) is 3.42. The molecule has 3 aromatic rings. The third-order valence-electron chi connectivity index (χ3n) is 6.04. The molecule has 1 amide bonds. The van der Waals surface area contributed by atoms with Crippen molar-refractivity contribution in [1.82, 2.24) is 25.7 Å². The summed E-state index contributed by atoms with van der Waals surface area (Å²) in [5.74, 6) is 2.42. The van der Waals surface area contributed by atoms with E-state index in [0.717, 1.165) is 48.8 Å². The zero-order valence-corrected chi connectivity index (χ0v) is 17.7. The van der Waals surface area contributed by atoms with Crippen LogP contribution in [0, 0.1) is 0 Å². The van der Waals surface area contributed by atoms with Crippen molar-refractivity contribution in [3.63, 3.8) is 0 Å². The highest BCUT2D eigenvalue weighted by Gasteiger charge is 2.28. The van der Waals surface area contributed by atoms with Crippen LogP contribution in [0.15, 0.2) is 36.4 Å². The van der Waals surface area contributed by atoms with Crippen LogP contribution >= 0.6 is 0 Å². The Bertz CT molecular complexity index is 1030. The highest BCUT2D eigenvalue weighted by atomic mass is 16.5. The number of aromatic nitrogens is 4. The number of aromatic amines is 2. The van der Waals surface area contributed by atoms with Crippen LogP contribution in [0.1, 0.15) is 54.7 Å². The zero-order valence-electron chi connectivity index (χ0n) is 17.7. The molecule has 1 saturated heterocycles. The minimum Gasteiger partial charge on any atom is -0.494 e. The van der Waals surface area contributed by atoms with Gasteiger partial charge in [0.05, 0.1) is 12.3 Å². The van der Waals surface area contributed by atoms with E-state index in [1.54, 1.807) is 6.07 Å². The van der Waals surface area contributed by atoms with Crippen molar-refractivity contribution >= 4 is 11.7 Å². The molecule has 8 nitrogen and oxygen atoms in total. The quantitative estimate of drug-likeness (QED) is 0.544. The van der Waals surface area contributed by atoms with Crippen LogP contribution in [0.5, 0.6) is 5.75 Å². The van der Waals surface area contributed by atoms with Crippen LogP contribution in [0.25, 0.3) is 11.3 Å². The lowest BCUT2D eigenvalue weighted by Crippen LogP contribution is -2.45. The molecule has 0 spiro atoms. The number of piperidine rings is 1. The molecule has 3 N–H and O–H groups in total. The summed E-state index contributed by atoms with van der Waals surface area (Å²) in [5, 5.41) is 18.0. The number of nitrogens with one attached hydrogen (secondary N) is 3. The van der Waals surface area contributed by atoms with E-state index in [2.05, 4.69) is 36.7 Å². The summed E-state index contributed by atoms with van der Waals surface area (Å²) in [6.07, 6.45) is 4.34. The average Bonchev–Trinajstić information content (AvgIpc) is 3.32. The molecule has 0 atom stereocenters. The van der Waals surface area contributed by atoms with Gasteiger partial charge >= 0.3 is 0 Å². The Kier molecular flexibility index (Phi) is 5.36. The molecule has 1 aliphatic heterocycles. The maximum atomic E-state index is 12.7. The number of nitrogens with zero attached hydrogens (tertiary/aromatic N) is 3. The minimum absolute atomic E-state index is 0.112. The van der Waals surface area contributed by atoms with E-state index >= 15 is 0 Å². The molecule has 2 aliphatic rings. The molecule has 1 aromatic carbocycles. The highest BCUT2D eigenvalue weighted by Crippen LogP contribution is 2.40. The van der Waals surface area contributed by atoms with Crippen molar-refractivity contribution < 1.29 is 9.53 Å². The van der Waals surface area contributed by atoms with Gasteiger partial charge in [-0.15, -0.1) is 0 Å². The first kappa shape index (κ1) is 19.7. The predicted molar refractivity (Wildman–Crippen MR) is 118 cm³/mol. The van der Waals surface area contributed by atoms with Crippen LogP contribution in [0.2, 0.25) is 0 Å². The lowest BCUT2D eigenvalue weighted by Gasteiger charge is -2.32. The molecule has 162 valence electrons. The Morgan fingerprint density at radius 2 is 1.87 bits per heavy atom. The number of ether oxygens (including phenoxy) is 1. The summed E-state index contributed by atoms with van der Waals surface area (Å²) in [6, 6.07) is 11.8. The molecule has 2 fully saturated rings. The first-order valence-corrected chi connectivity index (χ1v) is 11.1. The van der Waals surface area contributed by atoms with Crippen LogP contribution in [0.4, 0.5) is 5.82 Å². The molecule has 0 radical (unpaired) electrons. The summed E-state index contributed by atoms with van der Waals surface area (Å²) in [4.78, 5) is 15.0. The molecule has 8 heteroatoms. The smallest absolute Gasteiger partial charge is 0.269 e. The van der Waals surface area contributed by atoms with Gasteiger partial charge in [-0.25, -0.2) is 0 Å². The van der Waals surface area contributed by atoms with Gasteiger partial charge in [0.15, 0.2) is 5.82 Å². The molecule has 0 unspecified atom stereocenters. The zero-order chi connectivity index (χ0) is 21.2. The lowest BCUT2D eigenvalue weighted by molar-refractivity contribution is 0.0926. The number of hydrogen-bond acceptors (Lipinski definition) is 5. The Balaban J connectivity index is 1.14. The summed E-state index contributed by atoms with van der Waals surface area (Å²) < 4.78 is 5.47. The Morgan fingerprint density at radius 1 is 1.10 bits per heavy atom. The number of benzene rings is 1. The van der Waals surface area contributed by atoms with Crippen LogP contribution in [-0.2, 0) is 0 Å². The van der Waals surface area contributed by atoms with Gasteiger partial charge in [-0.05, 0) is 62.9 Å². The minimum atomic E-state index is -0.112. The lowest BCUT2D eigenvalue weighted by atomic mass is 10.0. The molecular formula is C23H28N6O2. The van der Waals surface area contributed by atoms with Crippen LogP contribution < -0.4 is 15.0 Å². The Morgan fingerprint density at radius 3 is 2.58 bits per heavy atom. The van der Waals surface area contributed by atoms with Crippen molar-refractivity contribution in [1.29, 1.82) is 0 Å². The maximum Gasteiger partial charge on any atom is 0.269 e. The molecule has 5 rings (SSSR count). The first-order valence-electron chi connectivity index (χ1n) is 11.1. The van der Waals surface area contributed by atoms with Crippen LogP contribution in [-0.4, -0.2) is 52.0 Å². The molecule has 1 aliphatic carbocycles. The number of rotatable bonds is 7. The van der Waals surface area contributed by atoms with E-state index in [-0.39, 0.29) is 11.9 Å². The second kappa shape index (κ2) is 8.45. The summed E-state index contributed by atoms with van der Waals surface area (Å²) in [6.45, 7) is 4.37. The SMILES string of the molecule is CCOc1ccc(-c2cc(C(=O)NC3CCN(c4cc(C5CC5)[nH]n4)CC3)[nH]n2)cc1. The molecule has 1 saturated carbocycles. The molecule has 31 heavy (non-hydrogen) atoms. The number of anilines is 1. The average molecular weight is 421 g/mol. The van der Waals surface area contributed by atoms with E-state index in [1.807, 2.05) is 31.2 Å². The fourth-order valence-corrected chi connectivity index (χ4v) is 4.08. The fourth-order valence-electron chi connectivity index (χ4n) is 4.08. The summed E-state index contributed by atoms with van der Waals surface area (Å²) >= 11 is 0. The van der Waals surface area contributed by atoms with E-state index < -0.39 is 0 Å². The number of carbonyl (C=O) groups excluding carboxylic acids is 1. The second-order valence-electron chi connectivity index (χ2n) is 8.31. The van der Waals surface area contributed by atoms with Gasteiger partial charge < -0.3 is 15.0 Å². The van der Waals surface area contributed by atoms with E-state index in [1.165, 1.54) is 18.5 Å². The van der Waals surface area contributed by atoms with Gasteiger partial charge in [0.2, 0.25) is 0 Å². The number of carbonyl (C=O) groups is 1. The number of H-pyrrole nitrogens is 2. The second-order valence-corrected chi connectivity index (χ2v) is 8.31. The molecule has 2 aromatic heterocycles. The Hall–Kier alpha value is -3.29. The molecule has 3 heterocycles. The standard InChI is InChI=1S/C23H28N6O2/c1-2-31-18-7-5-16(6-8-18)19-13-21(27-25-19)23(30)24-17-9-11-29(12-10-17)22-14-20(26-28-22)15-3-4-15/h5-8,13-15,17H,2-4,9-12H2,1H3,(H,24,30)(H,25,27)(H,26,28). The topological polar surface area (TPSA) is 98.9 Å². The Labute approximate surface area is 181 Å². The van der Waals surface area contributed by atoms with Crippen LogP contribution in [0.3, 0.4) is 0 Å². The monoisotopic (exact) mass is 420 g/mol. The van der Waals surface area contributed by atoms with Crippen molar-refractivity contribution in [2.45, 2.75) is 44.6 Å². The van der Waals surface area contributed by atoms with Gasteiger partial charge in [0, 0.05) is 42.4 Å². The third kappa shape index (κ3) is 4.42. The van der Waals surface area contributed by atoms with E-state index in [9.17, 15) is 4.79 Å². The maximum absolute atomic E-state index is 12.7. The van der Waals surface area contributed by atoms with Gasteiger partial charge in [0.25, 0.3) is 5.91 Å². The largest absolute Gasteiger partial charge is 0.494 e. The van der Waals surface area contributed by atoms with Gasteiger partial charge in [-0.3, -0.25) is 15.0 Å². The predicted octanol–water partition coefficient (Wildman–Crippen LogP) is 3.47.